The van der Waals surface area contributed by atoms with E-state index in [0.29, 0.717) is 30.2 Å². The highest BCUT2D eigenvalue weighted by Gasteiger charge is 2.06. The average molecular weight is 334 g/mol. The van der Waals surface area contributed by atoms with E-state index in [0.717, 1.165) is 19.3 Å². The molecule has 0 heterocycles. The van der Waals surface area contributed by atoms with E-state index in [1.807, 2.05) is 13.8 Å². The van der Waals surface area contributed by atoms with Crippen LogP contribution in [0.4, 0.5) is 10.5 Å². The lowest BCUT2D eigenvalue weighted by atomic mass is 10.2. The quantitative estimate of drug-likeness (QED) is 0.409. The minimum absolute atomic E-state index is 0.287. The molecule has 0 bridgehead atoms. The molecule has 0 saturated carbocycles. The van der Waals surface area contributed by atoms with Crippen LogP contribution in [0.25, 0.3) is 0 Å². The van der Waals surface area contributed by atoms with E-state index in [9.17, 15) is 9.59 Å². The van der Waals surface area contributed by atoms with Crippen molar-refractivity contribution in [3.8, 4) is 5.75 Å². The molecule has 1 aromatic rings. The second-order valence-corrected chi connectivity index (χ2v) is 5.25. The van der Waals surface area contributed by atoms with Crippen molar-refractivity contribution in [2.75, 3.05) is 19.0 Å². The van der Waals surface area contributed by atoms with Crippen LogP contribution < -0.4 is 15.4 Å². The van der Waals surface area contributed by atoms with E-state index in [4.69, 9.17) is 9.47 Å². The number of unbranched alkanes of at least 4 members (excludes halogenated alkanes) is 1. The van der Waals surface area contributed by atoms with E-state index in [1.165, 1.54) is 6.08 Å². The summed E-state index contributed by atoms with van der Waals surface area (Å²) in [6.07, 6.45) is 4.41. The summed E-state index contributed by atoms with van der Waals surface area (Å²) in [5, 5.41) is 5.39. The SMILES string of the molecule is CCCCNC(=O)Oc1cccc(NC(=O)C=C(CCC)OC)c1. The van der Waals surface area contributed by atoms with Crippen LogP contribution in [-0.4, -0.2) is 25.7 Å². The Morgan fingerprint density at radius 2 is 2.00 bits per heavy atom. The van der Waals surface area contributed by atoms with Crippen LogP contribution in [0, 0.1) is 0 Å². The lowest BCUT2D eigenvalue weighted by Crippen LogP contribution is -2.27. The molecule has 0 aliphatic heterocycles. The molecule has 0 aliphatic carbocycles. The summed E-state index contributed by atoms with van der Waals surface area (Å²) in [6, 6.07) is 6.68. The molecule has 2 amide bonds. The normalized spacial score (nSPS) is 10.9. The average Bonchev–Trinajstić information content (AvgIpc) is 2.55. The Bertz CT molecular complexity index is 570. The Morgan fingerprint density at radius 1 is 1.21 bits per heavy atom. The number of hydrogen-bond acceptors (Lipinski definition) is 4. The Balaban J connectivity index is 2.61. The maximum absolute atomic E-state index is 12.0. The molecule has 132 valence electrons. The predicted octanol–water partition coefficient (Wildman–Crippen LogP) is 3.84. The van der Waals surface area contributed by atoms with Crippen LogP contribution >= 0.6 is 0 Å². The van der Waals surface area contributed by atoms with Gasteiger partial charge in [-0.25, -0.2) is 4.79 Å². The summed E-state index contributed by atoms with van der Waals surface area (Å²) < 4.78 is 10.3. The monoisotopic (exact) mass is 334 g/mol. The second kappa shape index (κ2) is 11.1. The highest BCUT2D eigenvalue weighted by molar-refractivity contribution is 5.99. The van der Waals surface area contributed by atoms with E-state index >= 15 is 0 Å². The molecule has 0 unspecified atom stereocenters. The Morgan fingerprint density at radius 3 is 2.67 bits per heavy atom. The van der Waals surface area contributed by atoms with Crippen LogP contribution in [0.3, 0.4) is 0 Å². The highest BCUT2D eigenvalue weighted by atomic mass is 16.6. The number of amides is 2. The third-order valence-electron chi connectivity index (χ3n) is 3.16. The number of hydrogen-bond donors (Lipinski definition) is 2. The molecule has 0 spiro atoms. The van der Waals surface area contributed by atoms with Crippen LogP contribution in [-0.2, 0) is 9.53 Å². The molecule has 0 atom stereocenters. The van der Waals surface area contributed by atoms with Crippen molar-refractivity contribution >= 4 is 17.7 Å². The topological polar surface area (TPSA) is 76.7 Å². The zero-order chi connectivity index (χ0) is 17.8. The molecule has 24 heavy (non-hydrogen) atoms. The van der Waals surface area contributed by atoms with Crippen LogP contribution in [0.2, 0.25) is 0 Å². The molecule has 1 aromatic carbocycles. The second-order valence-electron chi connectivity index (χ2n) is 5.25. The Kier molecular flexibility index (Phi) is 9.04. The molecule has 6 heteroatoms. The Hall–Kier alpha value is -2.50. The lowest BCUT2D eigenvalue weighted by molar-refractivity contribution is -0.112. The summed E-state index contributed by atoms with van der Waals surface area (Å²) >= 11 is 0. The van der Waals surface area contributed by atoms with Gasteiger partial charge in [0.25, 0.3) is 5.91 Å². The smallest absolute Gasteiger partial charge is 0.412 e. The molecule has 6 nitrogen and oxygen atoms in total. The minimum Gasteiger partial charge on any atom is -0.501 e. The van der Waals surface area contributed by atoms with Crippen molar-refractivity contribution in [3.63, 3.8) is 0 Å². The van der Waals surface area contributed by atoms with E-state index < -0.39 is 6.09 Å². The zero-order valence-corrected chi connectivity index (χ0v) is 14.6. The van der Waals surface area contributed by atoms with E-state index in [1.54, 1.807) is 31.4 Å². The molecular formula is C18H26N2O4. The number of benzene rings is 1. The van der Waals surface area contributed by atoms with Crippen LogP contribution in [0.5, 0.6) is 5.75 Å². The minimum atomic E-state index is -0.503. The van der Waals surface area contributed by atoms with Gasteiger partial charge in [-0.05, 0) is 25.0 Å². The van der Waals surface area contributed by atoms with Crippen molar-refractivity contribution in [1.82, 2.24) is 5.32 Å². The molecule has 0 saturated heterocycles. The van der Waals surface area contributed by atoms with Gasteiger partial charge in [-0.15, -0.1) is 0 Å². The Labute approximate surface area is 143 Å². The summed E-state index contributed by atoms with van der Waals surface area (Å²) in [5.41, 5.74) is 0.544. The van der Waals surface area contributed by atoms with Gasteiger partial charge >= 0.3 is 6.09 Å². The van der Waals surface area contributed by atoms with Crippen molar-refractivity contribution in [3.05, 3.63) is 36.1 Å². The van der Waals surface area contributed by atoms with Gasteiger partial charge in [0.2, 0.25) is 0 Å². The third-order valence-corrected chi connectivity index (χ3v) is 3.16. The van der Waals surface area contributed by atoms with E-state index in [-0.39, 0.29) is 5.91 Å². The highest BCUT2D eigenvalue weighted by Crippen LogP contribution is 2.18. The fourth-order valence-corrected chi connectivity index (χ4v) is 1.95. The first kappa shape index (κ1) is 19.5. The van der Waals surface area contributed by atoms with Crippen molar-refractivity contribution in [2.45, 2.75) is 39.5 Å². The first-order chi connectivity index (χ1) is 11.6. The number of nitrogens with one attached hydrogen (secondary N) is 2. The first-order valence-electron chi connectivity index (χ1n) is 8.20. The van der Waals surface area contributed by atoms with Crippen molar-refractivity contribution in [1.29, 1.82) is 0 Å². The maximum atomic E-state index is 12.0. The largest absolute Gasteiger partial charge is 0.501 e. The summed E-state index contributed by atoms with van der Waals surface area (Å²) in [4.78, 5) is 23.6. The standard InChI is InChI=1S/C18H26N2O4/c1-4-6-11-19-18(22)24-16-10-7-9-14(12-16)20-17(21)13-15(23-3)8-5-2/h7,9-10,12-13H,4-6,8,11H2,1-3H3,(H,19,22)(H,20,21). The van der Waals surface area contributed by atoms with Crippen molar-refractivity contribution in [2.24, 2.45) is 0 Å². The number of carbonyl (C=O) groups is 2. The first-order valence-corrected chi connectivity index (χ1v) is 8.20. The number of ether oxygens (including phenoxy) is 2. The van der Waals surface area contributed by atoms with Crippen molar-refractivity contribution < 1.29 is 19.1 Å². The molecule has 1 rings (SSSR count). The van der Waals surface area contributed by atoms with Crippen LogP contribution in [0.1, 0.15) is 39.5 Å². The lowest BCUT2D eigenvalue weighted by Gasteiger charge is -2.09. The molecule has 0 aliphatic rings. The van der Waals surface area contributed by atoms with Gasteiger partial charge in [0.15, 0.2) is 0 Å². The van der Waals surface area contributed by atoms with Gasteiger partial charge in [0.1, 0.15) is 11.5 Å². The van der Waals surface area contributed by atoms with E-state index in [2.05, 4.69) is 10.6 Å². The van der Waals surface area contributed by atoms with Gasteiger partial charge in [-0.2, -0.15) is 0 Å². The zero-order valence-electron chi connectivity index (χ0n) is 14.6. The molecule has 0 radical (unpaired) electrons. The summed E-state index contributed by atoms with van der Waals surface area (Å²) in [7, 11) is 1.54. The summed E-state index contributed by atoms with van der Waals surface area (Å²) in [5.74, 6) is 0.703. The molecule has 2 N–H and O–H groups in total. The molecular weight excluding hydrogens is 308 g/mol. The molecule has 0 aromatic heterocycles. The number of carbonyl (C=O) groups excluding carboxylic acids is 2. The fraction of sp³-hybridized carbons (Fsp3) is 0.444. The molecule has 0 fully saturated rings. The van der Waals surface area contributed by atoms with Gasteiger partial charge in [0, 0.05) is 30.8 Å². The number of methoxy groups -OCH3 is 1. The summed E-state index contributed by atoms with van der Waals surface area (Å²) in [6.45, 7) is 4.63. The van der Waals surface area contributed by atoms with Gasteiger partial charge < -0.3 is 20.1 Å². The predicted molar refractivity (Wildman–Crippen MR) is 94.0 cm³/mol. The number of anilines is 1. The number of rotatable bonds is 9. The number of allylic oxidation sites excluding steroid dienone is 1. The van der Waals surface area contributed by atoms with Gasteiger partial charge in [-0.1, -0.05) is 26.3 Å². The van der Waals surface area contributed by atoms with Gasteiger partial charge in [0.05, 0.1) is 7.11 Å². The maximum Gasteiger partial charge on any atom is 0.412 e. The fourth-order valence-electron chi connectivity index (χ4n) is 1.95. The third kappa shape index (κ3) is 7.67. The van der Waals surface area contributed by atoms with Gasteiger partial charge in [-0.3, -0.25) is 4.79 Å². The van der Waals surface area contributed by atoms with Crippen LogP contribution in [0.15, 0.2) is 36.1 Å².